The molecule has 8 heteroatoms. The third kappa shape index (κ3) is 3.89. The van der Waals surface area contributed by atoms with E-state index in [1.807, 2.05) is 12.1 Å². The number of alkyl halides is 1. The molecule has 0 aliphatic heterocycles. The van der Waals surface area contributed by atoms with Crippen LogP contribution in [0.2, 0.25) is 0 Å². The van der Waals surface area contributed by atoms with Gasteiger partial charge in [-0.15, -0.1) is 11.6 Å². The Labute approximate surface area is 149 Å². The minimum atomic E-state index is -3.78. The zero-order valence-electron chi connectivity index (χ0n) is 12.9. The minimum absolute atomic E-state index is 0.0734. The van der Waals surface area contributed by atoms with Crippen molar-refractivity contribution in [2.45, 2.75) is 4.90 Å². The van der Waals surface area contributed by atoms with Gasteiger partial charge in [0.2, 0.25) is 5.91 Å². The van der Waals surface area contributed by atoms with Crippen molar-refractivity contribution in [2.24, 2.45) is 0 Å². The van der Waals surface area contributed by atoms with Gasteiger partial charge in [0, 0.05) is 17.3 Å². The van der Waals surface area contributed by atoms with Crippen molar-refractivity contribution in [3.05, 3.63) is 60.8 Å². The third-order valence-electron chi connectivity index (χ3n) is 3.45. The highest BCUT2D eigenvalue weighted by Gasteiger charge is 2.16. The molecule has 0 saturated heterocycles. The van der Waals surface area contributed by atoms with Crippen molar-refractivity contribution in [1.29, 1.82) is 0 Å². The summed E-state index contributed by atoms with van der Waals surface area (Å²) < 4.78 is 27.7. The van der Waals surface area contributed by atoms with Crippen molar-refractivity contribution in [3.8, 4) is 0 Å². The lowest BCUT2D eigenvalue weighted by Gasteiger charge is -2.11. The first-order chi connectivity index (χ1) is 12.0. The molecule has 3 aromatic rings. The summed E-state index contributed by atoms with van der Waals surface area (Å²) in [4.78, 5) is 15.5. The Morgan fingerprint density at radius 2 is 1.76 bits per heavy atom. The van der Waals surface area contributed by atoms with Crippen LogP contribution in [-0.2, 0) is 14.8 Å². The molecule has 0 atom stereocenters. The Bertz CT molecular complexity index is 1020. The topological polar surface area (TPSA) is 88.2 Å². The van der Waals surface area contributed by atoms with E-state index in [4.69, 9.17) is 11.6 Å². The van der Waals surface area contributed by atoms with Crippen LogP contribution in [-0.4, -0.2) is 25.2 Å². The molecule has 128 valence electrons. The molecular weight excluding hydrogens is 362 g/mol. The quantitative estimate of drug-likeness (QED) is 0.670. The number of sulfonamides is 1. The number of nitrogens with one attached hydrogen (secondary N) is 2. The maximum atomic E-state index is 12.6. The van der Waals surface area contributed by atoms with Crippen LogP contribution in [0, 0.1) is 0 Å². The van der Waals surface area contributed by atoms with Crippen molar-refractivity contribution in [3.63, 3.8) is 0 Å². The van der Waals surface area contributed by atoms with E-state index in [1.54, 1.807) is 24.4 Å². The summed E-state index contributed by atoms with van der Waals surface area (Å²) >= 11 is 5.42. The van der Waals surface area contributed by atoms with Crippen molar-refractivity contribution < 1.29 is 13.2 Å². The van der Waals surface area contributed by atoms with Gasteiger partial charge >= 0.3 is 0 Å². The number of hydrogen-bond acceptors (Lipinski definition) is 4. The summed E-state index contributed by atoms with van der Waals surface area (Å²) in [6.07, 6.45) is 1.61. The van der Waals surface area contributed by atoms with E-state index in [2.05, 4.69) is 15.0 Å². The summed E-state index contributed by atoms with van der Waals surface area (Å²) in [7, 11) is -3.78. The molecule has 0 unspecified atom stereocenters. The lowest BCUT2D eigenvalue weighted by atomic mass is 10.2. The maximum absolute atomic E-state index is 12.6. The number of rotatable bonds is 5. The van der Waals surface area contributed by atoms with E-state index in [1.165, 1.54) is 24.3 Å². The molecule has 1 heterocycles. The second kappa shape index (κ2) is 7.08. The number of benzene rings is 2. The highest BCUT2D eigenvalue weighted by molar-refractivity contribution is 7.92. The lowest BCUT2D eigenvalue weighted by Crippen LogP contribution is -2.14. The molecule has 0 saturated carbocycles. The van der Waals surface area contributed by atoms with E-state index in [-0.39, 0.29) is 16.7 Å². The van der Waals surface area contributed by atoms with Crippen LogP contribution >= 0.6 is 11.6 Å². The fraction of sp³-hybridized carbons (Fsp3) is 0.0588. The van der Waals surface area contributed by atoms with Crippen LogP contribution in [0.5, 0.6) is 0 Å². The van der Waals surface area contributed by atoms with Crippen LogP contribution in [0.1, 0.15) is 0 Å². The van der Waals surface area contributed by atoms with E-state index < -0.39 is 10.0 Å². The number of amides is 1. The number of para-hydroxylation sites is 1. The second-order valence-corrected chi connectivity index (χ2v) is 7.14. The fourth-order valence-electron chi connectivity index (χ4n) is 2.30. The Morgan fingerprint density at radius 1 is 1.04 bits per heavy atom. The normalized spacial score (nSPS) is 11.2. The van der Waals surface area contributed by atoms with Gasteiger partial charge in [-0.25, -0.2) is 8.42 Å². The molecule has 0 bridgehead atoms. The van der Waals surface area contributed by atoms with E-state index in [9.17, 15) is 13.2 Å². The molecule has 0 aliphatic carbocycles. The highest BCUT2D eigenvalue weighted by Crippen LogP contribution is 2.24. The Hall–Kier alpha value is -2.64. The molecule has 0 radical (unpaired) electrons. The number of carbonyl (C=O) groups is 1. The number of nitrogens with zero attached hydrogens (tertiary/aromatic N) is 1. The number of fused-ring (bicyclic) bond motifs is 1. The van der Waals surface area contributed by atoms with Gasteiger partial charge in [0.05, 0.1) is 16.1 Å². The second-order valence-electron chi connectivity index (χ2n) is 5.19. The van der Waals surface area contributed by atoms with Gasteiger partial charge < -0.3 is 5.32 Å². The third-order valence-corrected chi connectivity index (χ3v) is 5.07. The molecule has 25 heavy (non-hydrogen) atoms. The van der Waals surface area contributed by atoms with E-state index >= 15 is 0 Å². The number of halogens is 1. The summed E-state index contributed by atoms with van der Waals surface area (Å²) in [6.45, 7) is 0. The zero-order valence-corrected chi connectivity index (χ0v) is 14.5. The SMILES string of the molecule is O=C(CCl)Nc1ccc(S(=O)(=O)Nc2cccc3cccnc23)cc1. The minimum Gasteiger partial charge on any atom is -0.325 e. The van der Waals surface area contributed by atoms with E-state index in [0.29, 0.717) is 16.9 Å². The highest BCUT2D eigenvalue weighted by atomic mass is 35.5. The van der Waals surface area contributed by atoms with Crippen LogP contribution in [0.25, 0.3) is 10.9 Å². The van der Waals surface area contributed by atoms with Gasteiger partial charge in [-0.1, -0.05) is 18.2 Å². The molecule has 0 spiro atoms. The number of hydrogen-bond donors (Lipinski definition) is 2. The Kier molecular flexibility index (Phi) is 4.87. The van der Waals surface area contributed by atoms with Crippen LogP contribution < -0.4 is 10.0 Å². The largest absolute Gasteiger partial charge is 0.325 e. The predicted octanol–water partition coefficient (Wildman–Crippen LogP) is 3.21. The van der Waals surface area contributed by atoms with Gasteiger partial charge in [0.15, 0.2) is 0 Å². The lowest BCUT2D eigenvalue weighted by molar-refractivity contribution is -0.113. The molecule has 6 nitrogen and oxygen atoms in total. The summed E-state index contributed by atoms with van der Waals surface area (Å²) in [6, 6.07) is 14.7. The first-order valence-corrected chi connectivity index (χ1v) is 9.34. The first kappa shape index (κ1) is 17.2. The van der Waals surface area contributed by atoms with Crippen LogP contribution in [0.15, 0.2) is 65.7 Å². The van der Waals surface area contributed by atoms with E-state index in [0.717, 1.165) is 5.39 Å². The van der Waals surface area contributed by atoms with Gasteiger partial charge in [-0.2, -0.15) is 0 Å². The average molecular weight is 376 g/mol. The molecule has 3 rings (SSSR count). The average Bonchev–Trinajstić information content (AvgIpc) is 2.62. The van der Waals surface area contributed by atoms with Gasteiger partial charge in [0.25, 0.3) is 10.0 Å². The summed E-state index contributed by atoms with van der Waals surface area (Å²) in [5, 5.41) is 3.38. The molecule has 1 amide bonds. The number of aromatic nitrogens is 1. The van der Waals surface area contributed by atoms with Crippen LogP contribution in [0.4, 0.5) is 11.4 Å². The number of anilines is 2. The Morgan fingerprint density at radius 3 is 2.48 bits per heavy atom. The Balaban J connectivity index is 1.87. The molecule has 1 aromatic heterocycles. The zero-order chi connectivity index (χ0) is 17.9. The summed E-state index contributed by atoms with van der Waals surface area (Å²) in [5.74, 6) is -0.535. The molecule has 0 fully saturated rings. The molecular formula is C17H14ClN3O3S. The molecule has 2 aromatic carbocycles. The predicted molar refractivity (Wildman–Crippen MR) is 98.3 cm³/mol. The molecule has 2 N–H and O–H groups in total. The van der Waals surface area contributed by atoms with Crippen molar-refractivity contribution in [1.82, 2.24) is 4.98 Å². The number of pyridine rings is 1. The molecule has 0 aliphatic rings. The van der Waals surface area contributed by atoms with Gasteiger partial charge in [-0.3, -0.25) is 14.5 Å². The summed E-state index contributed by atoms with van der Waals surface area (Å²) in [5.41, 5.74) is 1.44. The maximum Gasteiger partial charge on any atom is 0.261 e. The smallest absolute Gasteiger partial charge is 0.261 e. The first-order valence-electron chi connectivity index (χ1n) is 7.32. The van der Waals surface area contributed by atoms with Crippen LogP contribution in [0.3, 0.4) is 0 Å². The monoisotopic (exact) mass is 375 g/mol. The fourth-order valence-corrected chi connectivity index (χ4v) is 3.44. The van der Waals surface area contributed by atoms with Crippen molar-refractivity contribution >= 4 is 49.8 Å². The standard InChI is InChI=1S/C17H14ClN3O3S/c18-11-16(22)20-13-6-8-14(9-7-13)25(23,24)21-15-5-1-3-12-4-2-10-19-17(12)15/h1-10,21H,11H2,(H,20,22). The van der Waals surface area contributed by atoms with Crippen molar-refractivity contribution in [2.75, 3.05) is 15.9 Å². The van der Waals surface area contributed by atoms with Gasteiger partial charge in [-0.05, 0) is 36.4 Å². The number of carbonyl (C=O) groups excluding carboxylic acids is 1. The van der Waals surface area contributed by atoms with Gasteiger partial charge in [0.1, 0.15) is 5.88 Å².